The van der Waals surface area contributed by atoms with Crippen molar-refractivity contribution in [1.29, 1.82) is 0 Å². The van der Waals surface area contributed by atoms with Gasteiger partial charge in [-0.05, 0) is 17.7 Å². The molecule has 2 N–H and O–H groups in total. The zero-order valence-corrected chi connectivity index (χ0v) is 8.54. The smallest absolute Gasteiger partial charge is 0.132 e. The molecule has 74 valence electrons. The van der Waals surface area contributed by atoms with E-state index in [4.69, 9.17) is 16.7 Å². The predicted octanol–water partition coefficient (Wildman–Crippen LogP) is 2.31. The zero-order valence-electron chi connectivity index (χ0n) is 7.79. The standard InChI is InChI=1S/C10H11ClN2O/c1-6(5-14)7-2-3-9-8(4-7)10(11)13-12-9/h2-4,6,14H,5H2,1H3,(H,12,13). The van der Waals surface area contributed by atoms with Gasteiger partial charge in [0.25, 0.3) is 0 Å². The first-order chi connectivity index (χ1) is 6.72. The van der Waals surface area contributed by atoms with E-state index in [2.05, 4.69) is 10.2 Å². The number of H-pyrrole nitrogens is 1. The Bertz CT molecular complexity index is 452. The Morgan fingerprint density at radius 1 is 1.57 bits per heavy atom. The lowest BCUT2D eigenvalue weighted by molar-refractivity contribution is 0.273. The summed E-state index contributed by atoms with van der Waals surface area (Å²) in [5, 5.41) is 17.2. The van der Waals surface area contributed by atoms with Crippen molar-refractivity contribution in [3.63, 3.8) is 0 Å². The largest absolute Gasteiger partial charge is 0.396 e. The highest BCUT2D eigenvalue weighted by molar-refractivity contribution is 6.34. The van der Waals surface area contributed by atoms with E-state index in [0.29, 0.717) is 5.15 Å². The van der Waals surface area contributed by atoms with Gasteiger partial charge < -0.3 is 5.11 Å². The second-order valence-corrected chi connectivity index (χ2v) is 3.78. The van der Waals surface area contributed by atoms with Crippen LogP contribution in [0.1, 0.15) is 18.4 Å². The zero-order chi connectivity index (χ0) is 10.1. The third kappa shape index (κ3) is 1.49. The number of nitrogens with zero attached hydrogens (tertiary/aromatic N) is 1. The number of aromatic amines is 1. The van der Waals surface area contributed by atoms with Crippen molar-refractivity contribution in [2.24, 2.45) is 0 Å². The van der Waals surface area contributed by atoms with Gasteiger partial charge in [-0.2, -0.15) is 5.10 Å². The lowest BCUT2D eigenvalue weighted by Gasteiger charge is -2.07. The molecule has 1 aromatic carbocycles. The Balaban J connectivity index is 2.54. The van der Waals surface area contributed by atoms with Gasteiger partial charge in [-0.25, -0.2) is 0 Å². The average Bonchev–Trinajstić information content (AvgIpc) is 2.59. The monoisotopic (exact) mass is 210 g/mol. The highest BCUT2D eigenvalue weighted by Crippen LogP contribution is 2.24. The molecule has 0 bridgehead atoms. The van der Waals surface area contributed by atoms with E-state index in [9.17, 15) is 0 Å². The van der Waals surface area contributed by atoms with Crippen molar-refractivity contribution in [3.05, 3.63) is 28.9 Å². The van der Waals surface area contributed by atoms with E-state index in [0.717, 1.165) is 16.5 Å². The number of nitrogens with one attached hydrogen (secondary N) is 1. The van der Waals surface area contributed by atoms with Gasteiger partial charge in [-0.1, -0.05) is 24.6 Å². The molecule has 1 atom stereocenters. The van der Waals surface area contributed by atoms with Crippen molar-refractivity contribution in [1.82, 2.24) is 10.2 Å². The number of rotatable bonds is 2. The molecule has 0 aliphatic rings. The normalized spacial score (nSPS) is 13.4. The number of halogens is 1. The average molecular weight is 211 g/mol. The third-order valence-corrected chi connectivity index (χ3v) is 2.66. The lowest BCUT2D eigenvalue weighted by atomic mass is 10.0. The van der Waals surface area contributed by atoms with E-state index >= 15 is 0 Å². The van der Waals surface area contributed by atoms with E-state index in [1.54, 1.807) is 0 Å². The van der Waals surface area contributed by atoms with Crippen LogP contribution in [0.4, 0.5) is 0 Å². The molecular weight excluding hydrogens is 200 g/mol. The van der Waals surface area contributed by atoms with E-state index in [1.165, 1.54) is 0 Å². The maximum Gasteiger partial charge on any atom is 0.132 e. The molecule has 0 aliphatic heterocycles. The van der Waals surface area contributed by atoms with Crippen LogP contribution in [0, 0.1) is 0 Å². The Morgan fingerprint density at radius 2 is 2.36 bits per heavy atom. The van der Waals surface area contributed by atoms with Crippen LogP contribution in [0.3, 0.4) is 0 Å². The molecule has 1 heterocycles. The molecule has 0 saturated heterocycles. The lowest BCUT2D eigenvalue weighted by Crippen LogP contribution is -1.97. The summed E-state index contributed by atoms with van der Waals surface area (Å²) < 4.78 is 0. The summed E-state index contributed by atoms with van der Waals surface area (Å²) in [5.74, 6) is 0.130. The molecule has 2 aromatic rings. The SMILES string of the molecule is CC(CO)c1ccc2n[nH]c(Cl)c2c1. The number of hydrogen-bond donors (Lipinski definition) is 2. The molecule has 2 rings (SSSR count). The summed E-state index contributed by atoms with van der Waals surface area (Å²) >= 11 is 5.91. The Hall–Kier alpha value is -1.06. The maximum absolute atomic E-state index is 9.02. The van der Waals surface area contributed by atoms with Gasteiger partial charge in [0.05, 0.1) is 5.52 Å². The molecule has 14 heavy (non-hydrogen) atoms. The number of aliphatic hydroxyl groups excluding tert-OH is 1. The summed E-state index contributed by atoms with van der Waals surface area (Å²) in [6.45, 7) is 2.11. The highest BCUT2D eigenvalue weighted by Gasteiger charge is 2.07. The number of aliphatic hydroxyl groups is 1. The van der Waals surface area contributed by atoms with Gasteiger partial charge in [0.1, 0.15) is 5.15 Å². The molecule has 1 unspecified atom stereocenters. The quantitative estimate of drug-likeness (QED) is 0.799. The van der Waals surface area contributed by atoms with Crippen molar-refractivity contribution >= 4 is 22.5 Å². The Kier molecular flexibility index (Phi) is 2.44. The van der Waals surface area contributed by atoms with Crippen LogP contribution in [0.2, 0.25) is 5.15 Å². The second kappa shape index (κ2) is 3.59. The maximum atomic E-state index is 9.02. The minimum Gasteiger partial charge on any atom is -0.396 e. The molecule has 0 aliphatic carbocycles. The minimum absolute atomic E-state index is 0.130. The van der Waals surface area contributed by atoms with Crippen molar-refractivity contribution in [3.8, 4) is 0 Å². The van der Waals surface area contributed by atoms with Crippen molar-refractivity contribution in [2.45, 2.75) is 12.8 Å². The van der Waals surface area contributed by atoms with Gasteiger partial charge in [0, 0.05) is 17.9 Å². The molecule has 1 aromatic heterocycles. The van der Waals surface area contributed by atoms with E-state index in [-0.39, 0.29) is 12.5 Å². The number of aromatic nitrogens is 2. The van der Waals surface area contributed by atoms with Crippen molar-refractivity contribution in [2.75, 3.05) is 6.61 Å². The molecule has 0 radical (unpaired) electrons. The van der Waals surface area contributed by atoms with Gasteiger partial charge in [-0.15, -0.1) is 0 Å². The Morgan fingerprint density at radius 3 is 3.07 bits per heavy atom. The van der Waals surface area contributed by atoms with Crippen LogP contribution < -0.4 is 0 Å². The molecule has 0 spiro atoms. The fraction of sp³-hybridized carbons (Fsp3) is 0.300. The van der Waals surface area contributed by atoms with Crippen molar-refractivity contribution < 1.29 is 5.11 Å². The van der Waals surface area contributed by atoms with Gasteiger partial charge in [0.2, 0.25) is 0 Å². The summed E-state index contributed by atoms with van der Waals surface area (Å²) in [4.78, 5) is 0. The first kappa shape index (κ1) is 9.49. The summed E-state index contributed by atoms with van der Waals surface area (Å²) in [6, 6.07) is 5.82. The van der Waals surface area contributed by atoms with E-state index < -0.39 is 0 Å². The fourth-order valence-electron chi connectivity index (χ4n) is 1.41. The van der Waals surface area contributed by atoms with Gasteiger partial charge in [0.15, 0.2) is 0 Å². The van der Waals surface area contributed by atoms with Gasteiger partial charge >= 0.3 is 0 Å². The van der Waals surface area contributed by atoms with E-state index in [1.807, 2.05) is 25.1 Å². The first-order valence-corrected chi connectivity index (χ1v) is 4.84. The number of fused-ring (bicyclic) bond motifs is 1. The second-order valence-electron chi connectivity index (χ2n) is 3.40. The molecule has 0 fully saturated rings. The van der Waals surface area contributed by atoms with Crippen LogP contribution in [0.15, 0.2) is 18.2 Å². The van der Waals surface area contributed by atoms with Crippen LogP contribution in [0.5, 0.6) is 0 Å². The van der Waals surface area contributed by atoms with Crippen LogP contribution in [-0.4, -0.2) is 21.9 Å². The van der Waals surface area contributed by atoms with Gasteiger partial charge in [-0.3, -0.25) is 5.10 Å². The van der Waals surface area contributed by atoms with Crippen LogP contribution in [-0.2, 0) is 0 Å². The summed E-state index contributed by atoms with van der Waals surface area (Å²) in [6.07, 6.45) is 0. The minimum atomic E-state index is 0.130. The number of hydrogen-bond acceptors (Lipinski definition) is 2. The molecule has 0 amide bonds. The third-order valence-electron chi connectivity index (χ3n) is 2.37. The fourth-order valence-corrected chi connectivity index (χ4v) is 1.60. The topological polar surface area (TPSA) is 48.9 Å². The molecule has 4 heteroatoms. The van der Waals surface area contributed by atoms with Crippen LogP contribution in [0.25, 0.3) is 10.9 Å². The molecule has 3 nitrogen and oxygen atoms in total. The molecular formula is C10H11ClN2O. The first-order valence-electron chi connectivity index (χ1n) is 4.46. The summed E-state index contributed by atoms with van der Waals surface area (Å²) in [5.41, 5.74) is 1.92. The number of benzene rings is 1. The van der Waals surface area contributed by atoms with Crippen LogP contribution >= 0.6 is 11.6 Å². The summed E-state index contributed by atoms with van der Waals surface area (Å²) in [7, 11) is 0. The Labute approximate surface area is 86.7 Å². The molecule has 0 saturated carbocycles. The highest BCUT2D eigenvalue weighted by atomic mass is 35.5. The predicted molar refractivity (Wildman–Crippen MR) is 56.6 cm³/mol.